The van der Waals surface area contributed by atoms with Crippen LogP contribution in [0.5, 0.6) is 0 Å². The lowest BCUT2D eigenvalue weighted by Gasteiger charge is -2.03. The molecule has 0 aromatic heterocycles. The van der Waals surface area contributed by atoms with Crippen LogP contribution in [0, 0.1) is 0 Å². The third-order valence-electron chi connectivity index (χ3n) is 1.17. The fraction of sp³-hybridized carbons (Fsp3) is 0. The van der Waals surface area contributed by atoms with Gasteiger partial charge in [0.25, 0.3) is 0 Å². The number of rotatable bonds is 1. The number of hydrogen-bond acceptors (Lipinski definition) is 3. The summed E-state index contributed by atoms with van der Waals surface area (Å²) in [5.41, 5.74) is 9.39. The van der Waals surface area contributed by atoms with Crippen molar-refractivity contribution < 1.29 is 0 Å². The minimum absolute atomic E-state index is 0.644. The van der Waals surface area contributed by atoms with E-state index in [0.717, 1.165) is 10.2 Å². The van der Waals surface area contributed by atoms with Gasteiger partial charge in [0.2, 0.25) is 0 Å². The predicted molar refractivity (Wildman–Crippen MR) is 46.4 cm³/mol. The highest BCUT2D eigenvalue weighted by atomic mass is 79.9. The summed E-state index contributed by atoms with van der Waals surface area (Å²) in [5, 5.41) is 0. The fourth-order valence-electron chi connectivity index (χ4n) is 0.654. The first-order valence-corrected chi connectivity index (χ1v) is 3.55. The molecule has 0 saturated heterocycles. The average molecular weight is 202 g/mol. The molecule has 0 atom stereocenters. The van der Waals surface area contributed by atoms with Crippen molar-refractivity contribution in [3.63, 3.8) is 0 Å². The van der Waals surface area contributed by atoms with Gasteiger partial charge >= 0.3 is 0 Å². The zero-order valence-corrected chi connectivity index (χ0v) is 6.85. The van der Waals surface area contributed by atoms with E-state index < -0.39 is 0 Å². The second-order valence-corrected chi connectivity index (χ2v) is 2.79. The summed E-state index contributed by atoms with van der Waals surface area (Å²) in [5.74, 6) is 5.17. The molecule has 0 aliphatic rings. The number of nitrogen functional groups attached to an aromatic ring is 2. The predicted octanol–water partition coefficient (Wildman–Crippen LogP) is 1.32. The minimum atomic E-state index is 0.644. The molecule has 3 nitrogen and oxygen atoms in total. The van der Waals surface area contributed by atoms with Gasteiger partial charge in [-0.3, -0.25) is 5.84 Å². The van der Waals surface area contributed by atoms with Crippen molar-refractivity contribution in [1.82, 2.24) is 0 Å². The van der Waals surface area contributed by atoms with E-state index in [1.807, 2.05) is 12.1 Å². The highest BCUT2D eigenvalue weighted by molar-refractivity contribution is 9.10. The van der Waals surface area contributed by atoms with Gasteiger partial charge < -0.3 is 11.2 Å². The average Bonchev–Trinajstić information content (AvgIpc) is 1.94. The Bertz CT molecular complexity index is 236. The monoisotopic (exact) mass is 201 g/mol. The largest absolute Gasteiger partial charge is 0.397 e. The van der Waals surface area contributed by atoms with Crippen molar-refractivity contribution in [3.05, 3.63) is 22.7 Å². The zero-order valence-electron chi connectivity index (χ0n) is 5.26. The molecule has 1 aromatic carbocycles. The molecule has 0 spiro atoms. The van der Waals surface area contributed by atoms with Gasteiger partial charge in [0.05, 0.1) is 11.4 Å². The summed E-state index contributed by atoms with van der Waals surface area (Å²) in [7, 11) is 0. The van der Waals surface area contributed by atoms with Crippen LogP contribution in [0.15, 0.2) is 22.7 Å². The first kappa shape index (κ1) is 7.37. The molecule has 54 valence electrons. The molecule has 1 aromatic rings. The SMILES string of the molecule is NNc1cc(Br)ccc1N. The molecule has 4 heteroatoms. The summed E-state index contributed by atoms with van der Waals surface area (Å²) in [6.45, 7) is 0. The number of hydrogen-bond donors (Lipinski definition) is 3. The number of hydrazine groups is 1. The Balaban J connectivity index is 3.09. The second-order valence-electron chi connectivity index (χ2n) is 1.88. The Morgan fingerprint density at radius 2 is 2.10 bits per heavy atom. The van der Waals surface area contributed by atoms with Gasteiger partial charge in [-0.1, -0.05) is 15.9 Å². The Labute approximate surface area is 67.5 Å². The molecule has 0 radical (unpaired) electrons. The van der Waals surface area contributed by atoms with E-state index in [-0.39, 0.29) is 0 Å². The lowest BCUT2D eigenvalue weighted by molar-refractivity contribution is 1.35. The van der Waals surface area contributed by atoms with Gasteiger partial charge in [-0.2, -0.15) is 0 Å². The standard InChI is InChI=1S/C6H8BrN3/c7-4-1-2-5(8)6(3-4)10-9/h1-3,10H,8-9H2. The summed E-state index contributed by atoms with van der Waals surface area (Å²) < 4.78 is 0.953. The maximum Gasteiger partial charge on any atom is 0.0727 e. The topological polar surface area (TPSA) is 64.1 Å². The van der Waals surface area contributed by atoms with Gasteiger partial charge in [0.1, 0.15) is 0 Å². The van der Waals surface area contributed by atoms with Crippen molar-refractivity contribution in [3.8, 4) is 0 Å². The van der Waals surface area contributed by atoms with Crippen LogP contribution in [0.2, 0.25) is 0 Å². The van der Waals surface area contributed by atoms with E-state index in [1.54, 1.807) is 6.07 Å². The Hall–Kier alpha value is -0.740. The zero-order chi connectivity index (χ0) is 7.56. The molecule has 1 rings (SSSR count). The fourth-order valence-corrected chi connectivity index (χ4v) is 1.01. The van der Waals surface area contributed by atoms with Crippen molar-refractivity contribution in [2.45, 2.75) is 0 Å². The number of anilines is 2. The lowest BCUT2D eigenvalue weighted by atomic mass is 10.3. The number of nitrogens with two attached hydrogens (primary N) is 2. The van der Waals surface area contributed by atoms with Gasteiger partial charge in [-0.25, -0.2) is 0 Å². The van der Waals surface area contributed by atoms with Crippen LogP contribution < -0.4 is 17.0 Å². The van der Waals surface area contributed by atoms with Crippen molar-refractivity contribution >= 4 is 27.3 Å². The molecule has 0 amide bonds. The Kier molecular flexibility index (Phi) is 2.13. The first-order valence-electron chi connectivity index (χ1n) is 2.75. The van der Waals surface area contributed by atoms with E-state index >= 15 is 0 Å². The molecular formula is C6H8BrN3. The smallest absolute Gasteiger partial charge is 0.0727 e. The van der Waals surface area contributed by atoms with Crippen LogP contribution in [0.3, 0.4) is 0 Å². The maximum atomic E-state index is 5.54. The molecule has 0 saturated carbocycles. The summed E-state index contributed by atoms with van der Waals surface area (Å²) in [6.07, 6.45) is 0. The molecule has 0 aliphatic carbocycles. The second kappa shape index (κ2) is 2.90. The molecular weight excluding hydrogens is 194 g/mol. The molecule has 0 heterocycles. The molecule has 5 N–H and O–H groups in total. The Morgan fingerprint density at radius 3 is 2.60 bits per heavy atom. The van der Waals surface area contributed by atoms with Crippen LogP contribution in [-0.4, -0.2) is 0 Å². The van der Waals surface area contributed by atoms with Crippen molar-refractivity contribution in [1.29, 1.82) is 0 Å². The molecule has 0 unspecified atom stereocenters. The third-order valence-corrected chi connectivity index (χ3v) is 1.66. The number of benzene rings is 1. The minimum Gasteiger partial charge on any atom is -0.397 e. The number of halogens is 1. The molecule has 0 fully saturated rings. The van der Waals surface area contributed by atoms with Gasteiger partial charge in [-0.15, -0.1) is 0 Å². The van der Waals surface area contributed by atoms with Crippen LogP contribution in [0.4, 0.5) is 11.4 Å². The first-order chi connectivity index (χ1) is 4.74. The highest BCUT2D eigenvalue weighted by Gasteiger charge is 1.95. The van der Waals surface area contributed by atoms with Crippen LogP contribution in [-0.2, 0) is 0 Å². The molecule has 10 heavy (non-hydrogen) atoms. The van der Waals surface area contributed by atoms with E-state index in [2.05, 4.69) is 21.4 Å². The van der Waals surface area contributed by atoms with Crippen molar-refractivity contribution in [2.24, 2.45) is 5.84 Å². The summed E-state index contributed by atoms with van der Waals surface area (Å²) >= 11 is 3.29. The van der Waals surface area contributed by atoms with Gasteiger partial charge in [0.15, 0.2) is 0 Å². The van der Waals surface area contributed by atoms with E-state index in [0.29, 0.717) is 5.69 Å². The van der Waals surface area contributed by atoms with Gasteiger partial charge in [-0.05, 0) is 18.2 Å². The molecule has 0 bridgehead atoms. The van der Waals surface area contributed by atoms with E-state index in [9.17, 15) is 0 Å². The quantitative estimate of drug-likeness (QED) is 0.365. The van der Waals surface area contributed by atoms with Crippen LogP contribution >= 0.6 is 15.9 Å². The molecule has 0 aliphatic heterocycles. The van der Waals surface area contributed by atoms with Crippen LogP contribution in [0.1, 0.15) is 0 Å². The summed E-state index contributed by atoms with van der Waals surface area (Å²) in [6, 6.07) is 5.45. The number of nitrogens with one attached hydrogen (secondary N) is 1. The highest BCUT2D eigenvalue weighted by Crippen LogP contribution is 2.21. The van der Waals surface area contributed by atoms with Crippen LogP contribution in [0.25, 0.3) is 0 Å². The summed E-state index contributed by atoms with van der Waals surface area (Å²) in [4.78, 5) is 0. The lowest BCUT2D eigenvalue weighted by Crippen LogP contribution is -2.08. The Morgan fingerprint density at radius 1 is 1.40 bits per heavy atom. The normalized spacial score (nSPS) is 9.40. The van der Waals surface area contributed by atoms with E-state index in [1.165, 1.54) is 0 Å². The third kappa shape index (κ3) is 1.40. The van der Waals surface area contributed by atoms with Gasteiger partial charge in [0, 0.05) is 4.47 Å². The van der Waals surface area contributed by atoms with E-state index in [4.69, 9.17) is 11.6 Å². The van der Waals surface area contributed by atoms with Crippen molar-refractivity contribution in [2.75, 3.05) is 11.2 Å². The maximum absolute atomic E-state index is 5.54.